The summed E-state index contributed by atoms with van der Waals surface area (Å²) in [4.78, 5) is 4.85. The molecule has 3 nitrogen and oxygen atoms in total. The molecule has 1 heterocycles. The monoisotopic (exact) mass is 255 g/mol. The molecule has 0 radical (unpaired) electrons. The van der Waals surface area contributed by atoms with Gasteiger partial charge in [0.15, 0.2) is 0 Å². The van der Waals surface area contributed by atoms with E-state index < -0.39 is 0 Å². The number of hydrogen-bond donors (Lipinski definition) is 1. The molecule has 0 amide bonds. The first-order valence-electron chi connectivity index (χ1n) is 7.66. The van der Waals surface area contributed by atoms with Gasteiger partial charge in [0.05, 0.1) is 0 Å². The van der Waals surface area contributed by atoms with Crippen LogP contribution in [0.3, 0.4) is 0 Å². The number of piperidine rings is 1. The standard InChI is InChI=1S/C15H33N3/c1-6-13(7-2)15(17(3)4)11-16-14-9-8-10-18(5)12-14/h13-16H,6-12H2,1-5H3. The number of nitrogens with zero attached hydrogens (tertiary/aromatic N) is 2. The molecule has 0 aliphatic carbocycles. The maximum absolute atomic E-state index is 3.80. The van der Waals surface area contributed by atoms with Crippen molar-refractivity contribution in [1.82, 2.24) is 15.1 Å². The maximum Gasteiger partial charge on any atom is 0.0242 e. The molecule has 2 unspecified atom stereocenters. The van der Waals surface area contributed by atoms with Crippen LogP contribution in [0.4, 0.5) is 0 Å². The third-order valence-corrected chi connectivity index (χ3v) is 4.50. The minimum absolute atomic E-state index is 0.673. The van der Waals surface area contributed by atoms with Gasteiger partial charge in [-0.2, -0.15) is 0 Å². The first kappa shape index (κ1) is 15.9. The first-order valence-corrected chi connectivity index (χ1v) is 7.66. The molecule has 0 aromatic rings. The molecule has 1 fully saturated rings. The summed E-state index contributed by atoms with van der Waals surface area (Å²) in [7, 11) is 6.67. The molecule has 3 heteroatoms. The Kier molecular flexibility index (Phi) is 7.20. The molecule has 0 aromatic carbocycles. The summed E-state index contributed by atoms with van der Waals surface area (Å²) >= 11 is 0. The highest BCUT2D eigenvalue weighted by Crippen LogP contribution is 2.17. The Bertz CT molecular complexity index is 214. The van der Waals surface area contributed by atoms with E-state index in [0.29, 0.717) is 12.1 Å². The summed E-state index contributed by atoms with van der Waals surface area (Å²) in [5.74, 6) is 0.814. The molecule has 0 aromatic heterocycles. The summed E-state index contributed by atoms with van der Waals surface area (Å²) in [5, 5.41) is 3.80. The Morgan fingerprint density at radius 2 is 1.94 bits per heavy atom. The number of hydrogen-bond acceptors (Lipinski definition) is 3. The molecule has 1 N–H and O–H groups in total. The van der Waals surface area contributed by atoms with Crippen molar-refractivity contribution in [2.75, 3.05) is 40.8 Å². The van der Waals surface area contributed by atoms with Gasteiger partial charge in [-0.1, -0.05) is 26.7 Å². The number of rotatable bonds is 7. The van der Waals surface area contributed by atoms with Crippen molar-refractivity contribution < 1.29 is 0 Å². The van der Waals surface area contributed by atoms with Crippen molar-refractivity contribution in [1.29, 1.82) is 0 Å². The van der Waals surface area contributed by atoms with Crippen LogP contribution in [0.2, 0.25) is 0 Å². The van der Waals surface area contributed by atoms with Crippen LogP contribution in [-0.4, -0.2) is 62.7 Å². The van der Waals surface area contributed by atoms with Crippen molar-refractivity contribution in [3.63, 3.8) is 0 Å². The largest absolute Gasteiger partial charge is 0.311 e. The van der Waals surface area contributed by atoms with Crippen molar-refractivity contribution in [2.24, 2.45) is 5.92 Å². The summed E-state index contributed by atoms with van der Waals surface area (Å²) in [5.41, 5.74) is 0. The fraction of sp³-hybridized carbons (Fsp3) is 1.00. The average molecular weight is 255 g/mol. The molecular weight excluding hydrogens is 222 g/mol. The van der Waals surface area contributed by atoms with Gasteiger partial charge in [-0.05, 0) is 46.4 Å². The van der Waals surface area contributed by atoms with Crippen molar-refractivity contribution in [3.8, 4) is 0 Å². The molecule has 108 valence electrons. The highest BCUT2D eigenvalue weighted by atomic mass is 15.2. The van der Waals surface area contributed by atoms with Crippen LogP contribution in [0.25, 0.3) is 0 Å². The van der Waals surface area contributed by atoms with Gasteiger partial charge in [0.1, 0.15) is 0 Å². The van der Waals surface area contributed by atoms with Crippen molar-refractivity contribution in [3.05, 3.63) is 0 Å². The van der Waals surface area contributed by atoms with Gasteiger partial charge in [-0.25, -0.2) is 0 Å². The van der Waals surface area contributed by atoms with Gasteiger partial charge < -0.3 is 15.1 Å². The van der Waals surface area contributed by atoms with Gasteiger partial charge >= 0.3 is 0 Å². The van der Waals surface area contributed by atoms with E-state index in [1.165, 1.54) is 38.8 Å². The molecule has 1 aliphatic heterocycles. The third kappa shape index (κ3) is 4.87. The molecule has 1 rings (SSSR count). The molecule has 0 saturated carbocycles. The second-order valence-corrected chi connectivity index (χ2v) is 6.12. The van der Waals surface area contributed by atoms with E-state index in [1.54, 1.807) is 0 Å². The Labute approximate surface area is 114 Å². The zero-order valence-electron chi connectivity index (χ0n) is 13.1. The molecule has 0 bridgehead atoms. The molecule has 18 heavy (non-hydrogen) atoms. The molecule has 1 saturated heterocycles. The molecular formula is C15H33N3. The number of likely N-dealkylation sites (tertiary alicyclic amines) is 1. The van der Waals surface area contributed by atoms with Crippen molar-refractivity contribution in [2.45, 2.75) is 51.6 Å². The van der Waals surface area contributed by atoms with Crippen LogP contribution in [0.1, 0.15) is 39.5 Å². The van der Waals surface area contributed by atoms with Crippen molar-refractivity contribution >= 4 is 0 Å². The lowest BCUT2D eigenvalue weighted by molar-refractivity contribution is 0.171. The SMILES string of the molecule is CCC(CC)C(CNC1CCCN(C)C1)N(C)C. The summed E-state index contributed by atoms with van der Waals surface area (Å²) in [6, 6.07) is 1.37. The topological polar surface area (TPSA) is 18.5 Å². The van der Waals surface area contributed by atoms with E-state index >= 15 is 0 Å². The van der Waals surface area contributed by atoms with E-state index in [-0.39, 0.29) is 0 Å². The zero-order valence-corrected chi connectivity index (χ0v) is 13.1. The Morgan fingerprint density at radius 3 is 2.44 bits per heavy atom. The maximum atomic E-state index is 3.80. The van der Waals surface area contributed by atoms with Gasteiger partial charge in [0.2, 0.25) is 0 Å². The summed E-state index contributed by atoms with van der Waals surface area (Å²) < 4.78 is 0. The van der Waals surface area contributed by atoms with E-state index in [4.69, 9.17) is 0 Å². The zero-order chi connectivity index (χ0) is 13.5. The van der Waals surface area contributed by atoms with Crippen LogP contribution in [0.15, 0.2) is 0 Å². The van der Waals surface area contributed by atoms with Crippen LogP contribution in [-0.2, 0) is 0 Å². The normalized spacial score (nSPS) is 23.8. The quantitative estimate of drug-likeness (QED) is 0.751. The third-order valence-electron chi connectivity index (χ3n) is 4.50. The smallest absolute Gasteiger partial charge is 0.0242 e. The minimum atomic E-state index is 0.673. The van der Waals surface area contributed by atoms with Crippen LogP contribution >= 0.6 is 0 Å². The van der Waals surface area contributed by atoms with Crippen LogP contribution in [0.5, 0.6) is 0 Å². The Balaban J connectivity index is 2.41. The highest BCUT2D eigenvalue weighted by Gasteiger charge is 2.23. The van der Waals surface area contributed by atoms with Gasteiger partial charge in [0, 0.05) is 25.2 Å². The van der Waals surface area contributed by atoms with Crippen LogP contribution in [0, 0.1) is 5.92 Å². The fourth-order valence-electron chi connectivity index (χ4n) is 3.22. The molecule has 0 spiro atoms. The van der Waals surface area contributed by atoms with E-state index in [2.05, 4.69) is 50.1 Å². The van der Waals surface area contributed by atoms with Gasteiger partial charge in [-0.15, -0.1) is 0 Å². The predicted octanol–water partition coefficient (Wildman–Crippen LogP) is 2.04. The van der Waals surface area contributed by atoms with E-state index in [9.17, 15) is 0 Å². The average Bonchev–Trinajstić information content (AvgIpc) is 2.34. The first-order chi connectivity index (χ1) is 8.58. The van der Waals surface area contributed by atoms with E-state index in [0.717, 1.165) is 12.5 Å². The minimum Gasteiger partial charge on any atom is -0.311 e. The second kappa shape index (κ2) is 8.13. The summed E-state index contributed by atoms with van der Waals surface area (Å²) in [6.45, 7) is 8.25. The number of likely N-dealkylation sites (N-methyl/N-ethyl adjacent to an activating group) is 2. The summed E-state index contributed by atoms with van der Waals surface area (Å²) in [6.07, 6.45) is 5.25. The van der Waals surface area contributed by atoms with E-state index in [1.807, 2.05) is 0 Å². The number of nitrogens with one attached hydrogen (secondary N) is 1. The highest BCUT2D eigenvalue weighted by molar-refractivity contribution is 4.82. The van der Waals surface area contributed by atoms with Gasteiger partial charge in [0.25, 0.3) is 0 Å². The lowest BCUT2D eigenvalue weighted by atomic mass is 9.93. The lowest BCUT2D eigenvalue weighted by Crippen LogP contribution is -2.50. The fourth-order valence-corrected chi connectivity index (χ4v) is 3.22. The Hall–Kier alpha value is -0.120. The molecule has 2 atom stereocenters. The van der Waals surface area contributed by atoms with Crippen LogP contribution < -0.4 is 5.32 Å². The molecule has 1 aliphatic rings. The Morgan fingerprint density at radius 1 is 1.28 bits per heavy atom. The lowest BCUT2D eigenvalue weighted by Gasteiger charge is -2.35. The second-order valence-electron chi connectivity index (χ2n) is 6.12. The predicted molar refractivity (Wildman–Crippen MR) is 80.1 cm³/mol. The van der Waals surface area contributed by atoms with Gasteiger partial charge in [-0.3, -0.25) is 0 Å².